The molecule has 0 saturated heterocycles. The molecule has 0 saturated carbocycles. The Morgan fingerprint density at radius 1 is 1.39 bits per heavy atom. The Morgan fingerprint density at radius 2 is 2.00 bits per heavy atom. The standard InChI is InChI=1S/C10H14N2O5S/c1-12(2)11-18(15,16)7-4-5-9(17-3)8(6-7)10(13)14/h4-6,11H,1-3H3,(H,13,14). The predicted molar refractivity (Wildman–Crippen MR) is 64.0 cm³/mol. The number of carboxylic acids is 1. The van der Waals surface area contributed by atoms with Gasteiger partial charge in [0.25, 0.3) is 10.0 Å². The minimum atomic E-state index is -3.78. The van der Waals surface area contributed by atoms with E-state index in [2.05, 4.69) is 4.83 Å². The number of nitrogens with one attached hydrogen (secondary N) is 1. The minimum Gasteiger partial charge on any atom is -0.496 e. The first-order valence-corrected chi connectivity index (χ1v) is 6.37. The summed E-state index contributed by atoms with van der Waals surface area (Å²) in [7, 11) is 0.556. The van der Waals surface area contributed by atoms with E-state index in [-0.39, 0.29) is 16.2 Å². The lowest BCUT2D eigenvalue weighted by Crippen LogP contribution is -2.36. The number of sulfonamides is 1. The molecule has 100 valence electrons. The number of carboxylic acid groups (broad SMARTS) is 1. The molecule has 0 aliphatic carbocycles. The Balaban J connectivity index is 3.28. The van der Waals surface area contributed by atoms with Crippen molar-refractivity contribution in [2.75, 3.05) is 21.2 Å². The molecule has 0 aliphatic heterocycles. The molecule has 1 aromatic carbocycles. The third-order valence-corrected chi connectivity index (χ3v) is 3.49. The highest BCUT2D eigenvalue weighted by Gasteiger charge is 2.19. The summed E-state index contributed by atoms with van der Waals surface area (Å²) in [6.07, 6.45) is 0. The predicted octanol–water partition coefficient (Wildman–Crippen LogP) is 0.148. The lowest BCUT2D eigenvalue weighted by Gasteiger charge is -2.13. The summed E-state index contributed by atoms with van der Waals surface area (Å²) in [6.45, 7) is 0. The van der Waals surface area contributed by atoms with Gasteiger partial charge in [-0.25, -0.2) is 18.2 Å². The molecule has 1 aromatic rings. The van der Waals surface area contributed by atoms with Crippen molar-refractivity contribution in [3.63, 3.8) is 0 Å². The summed E-state index contributed by atoms with van der Waals surface area (Å²) >= 11 is 0. The van der Waals surface area contributed by atoms with Gasteiger partial charge in [-0.05, 0) is 18.2 Å². The van der Waals surface area contributed by atoms with E-state index in [9.17, 15) is 13.2 Å². The van der Waals surface area contributed by atoms with Crippen molar-refractivity contribution in [3.8, 4) is 5.75 Å². The lowest BCUT2D eigenvalue weighted by molar-refractivity contribution is 0.0693. The van der Waals surface area contributed by atoms with E-state index in [0.717, 1.165) is 6.07 Å². The van der Waals surface area contributed by atoms with Crippen LogP contribution in [-0.2, 0) is 10.0 Å². The number of methoxy groups -OCH3 is 1. The Hall–Kier alpha value is -1.64. The van der Waals surface area contributed by atoms with Crippen molar-refractivity contribution in [3.05, 3.63) is 23.8 Å². The highest BCUT2D eigenvalue weighted by atomic mass is 32.2. The third kappa shape index (κ3) is 3.19. The monoisotopic (exact) mass is 274 g/mol. The van der Waals surface area contributed by atoms with Gasteiger partial charge in [0.05, 0.1) is 12.0 Å². The fourth-order valence-electron chi connectivity index (χ4n) is 1.31. The maximum absolute atomic E-state index is 11.8. The first-order valence-electron chi connectivity index (χ1n) is 4.89. The van der Waals surface area contributed by atoms with Crippen molar-refractivity contribution < 1.29 is 23.1 Å². The summed E-state index contributed by atoms with van der Waals surface area (Å²) in [4.78, 5) is 13.0. The van der Waals surface area contributed by atoms with Gasteiger partial charge < -0.3 is 9.84 Å². The normalized spacial score (nSPS) is 11.6. The fourth-order valence-corrected chi connectivity index (χ4v) is 2.42. The van der Waals surface area contributed by atoms with Crippen LogP contribution >= 0.6 is 0 Å². The van der Waals surface area contributed by atoms with Crippen LogP contribution in [0.2, 0.25) is 0 Å². The summed E-state index contributed by atoms with van der Waals surface area (Å²) in [5, 5.41) is 10.2. The van der Waals surface area contributed by atoms with Gasteiger partial charge in [0, 0.05) is 14.1 Å². The van der Waals surface area contributed by atoms with Gasteiger partial charge in [0.15, 0.2) is 0 Å². The second-order valence-electron chi connectivity index (χ2n) is 3.66. The number of ether oxygens (including phenoxy) is 1. The van der Waals surface area contributed by atoms with E-state index in [4.69, 9.17) is 9.84 Å². The molecular weight excluding hydrogens is 260 g/mol. The van der Waals surface area contributed by atoms with Crippen LogP contribution in [0.3, 0.4) is 0 Å². The van der Waals surface area contributed by atoms with E-state index in [1.807, 2.05) is 0 Å². The molecule has 0 spiro atoms. The van der Waals surface area contributed by atoms with Crippen molar-refractivity contribution in [1.29, 1.82) is 0 Å². The van der Waals surface area contributed by atoms with Crippen molar-refractivity contribution >= 4 is 16.0 Å². The van der Waals surface area contributed by atoms with Crippen LogP contribution in [0.15, 0.2) is 23.1 Å². The molecule has 7 nitrogen and oxygen atoms in total. The van der Waals surface area contributed by atoms with Crippen LogP contribution in [-0.4, -0.2) is 45.7 Å². The number of nitrogens with zero attached hydrogens (tertiary/aromatic N) is 1. The van der Waals surface area contributed by atoms with Gasteiger partial charge in [-0.15, -0.1) is 4.83 Å². The second kappa shape index (κ2) is 5.34. The van der Waals surface area contributed by atoms with Gasteiger partial charge in [-0.3, -0.25) is 0 Å². The highest BCUT2D eigenvalue weighted by molar-refractivity contribution is 7.89. The second-order valence-corrected chi connectivity index (χ2v) is 5.32. The molecule has 0 aromatic heterocycles. The van der Waals surface area contributed by atoms with Gasteiger partial charge in [-0.2, -0.15) is 0 Å². The number of hydrogen-bond donors (Lipinski definition) is 2. The maximum atomic E-state index is 11.8. The fraction of sp³-hybridized carbons (Fsp3) is 0.300. The van der Waals surface area contributed by atoms with Gasteiger partial charge in [-0.1, -0.05) is 0 Å². The first kappa shape index (κ1) is 14.4. The Labute approximate surface area is 105 Å². The first-order chi connectivity index (χ1) is 8.27. The molecule has 0 aliphatic rings. The largest absolute Gasteiger partial charge is 0.496 e. The third-order valence-electron chi connectivity index (χ3n) is 2.01. The molecule has 18 heavy (non-hydrogen) atoms. The Kier molecular flexibility index (Phi) is 4.28. The van der Waals surface area contributed by atoms with Crippen LogP contribution in [0.5, 0.6) is 5.75 Å². The van der Waals surface area contributed by atoms with Gasteiger partial charge in [0.2, 0.25) is 0 Å². The summed E-state index contributed by atoms with van der Waals surface area (Å²) < 4.78 is 28.5. The van der Waals surface area contributed by atoms with Crippen LogP contribution in [0.4, 0.5) is 0 Å². The number of hydrazine groups is 1. The van der Waals surface area contributed by atoms with Gasteiger partial charge in [0.1, 0.15) is 11.3 Å². The zero-order valence-electron chi connectivity index (χ0n) is 10.2. The topological polar surface area (TPSA) is 95.9 Å². The Morgan fingerprint density at radius 3 is 2.44 bits per heavy atom. The van der Waals surface area contributed by atoms with Crippen molar-refractivity contribution in [1.82, 2.24) is 9.84 Å². The summed E-state index contributed by atoms with van der Waals surface area (Å²) in [5.74, 6) is -1.15. The van der Waals surface area contributed by atoms with E-state index in [1.54, 1.807) is 0 Å². The van der Waals surface area contributed by atoms with Gasteiger partial charge >= 0.3 is 5.97 Å². The van der Waals surface area contributed by atoms with Crippen LogP contribution in [0.1, 0.15) is 10.4 Å². The number of hydrogen-bond acceptors (Lipinski definition) is 5. The molecule has 0 radical (unpaired) electrons. The van der Waals surface area contributed by atoms with Crippen molar-refractivity contribution in [2.45, 2.75) is 4.90 Å². The molecule has 8 heteroatoms. The van der Waals surface area contributed by atoms with E-state index < -0.39 is 16.0 Å². The molecular formula is C10H14N2O5S. The zero-order chi connectivity index (χ0) is 13.9. The minimum absolute atomic E-state index is 0.103. The Bertz CT molecular complexity index is 553. The lowest BCUT2D eigenvalue weighted by atomic mass is 10.2. The molecule has 0 amide bonds. The maximum Gasteiger partial charge on any atom is 0.339 e. The number of carbonyl (C=O) groups is 1. The number of rotatable bonds is 5. The molecule has 0 atom stereocenters. The van der Waals surface area contributed by atoms with E-state index >= 15 is 0 Å². The number of aromatic carboxylic acids is 1. The van der Waals surface area contributed by atoms with E-state index in [0.29, 0.717) is 0 Å². The summed E-state index contributed by atoms with van der Waals surface area (Å²) in [6, 6.07) is 3.62. The zero-order valence-corrected chi connectivity index (χ0v) is 11.0. The molecule has 0 heterocycles. The average molecular weight is 274 g/mol. The van der Waals surface area contributed by atoms with Crippen LogP contribution < -0.4 is 9.57 Å². The number of benzene rings is 1. The van der Waals surface area contributed by atoms with Crippen LogP contribution in [0.25, 0.3) is 0 Å². The smallest absolute Gasteiger partial charge is 0.339 e. The molecule has 1 rings (SSSR count). The molecule has 0 bridgehead atoms. The average Bonchev–Trinajstić information content (AvgIpc) is 2.26. The summed E-state index contributed by atoms with van der Waals surface area (Å²) in [5.41, 5.74) is -0.209. The van der Waals surface area contributed by atoms with Crippen LogP contribution in [0, 0.1) is 0 Å². The quantitative estimate of drug-likeness (QED) is 0.742. The van der Waals surface area contributed by atoms with E-state index in [1.165, 1.54) is 38.3 Å². The SMILES string of the molecule is COc1ccc(S(=O)(=O)NN(C)C)cc1C(=O)O. The molecule has 2 N–H and O–H groups in total. The van der Waals surface area contributed by atoms with Crippen molar-refractivity contribution in [2.24, 2.45) is 0 Å². The molecule has 0 unspecified atom stereocenters. The highest BCUT2D eigenvalue weighted by Crippen LogP contribution is 2.22. The molecule has 0 fully saturated rings.